The molecule has 1 aliphatic rings. The third-order valence-electron chi connectivity index (χ3n) is 3.10. The number of aliphatic carboxylic acids is 1. The van der Waals surface area contributed by atoms with Crippen LogP contribution in [-0.4, -0.2) is 35.7 Å². The highest BCUT2D eigenvalue weighted by Gasteiger charge is 2.27. The number of hydrogen-bond donors (Lipinski definition) is 2. The maximum Gasteiger partial charge on any atom is 0.332 e. The predicted octanol–water partition coefficient (Wildman–Crippen LogP) is 0.961. The summed E-state index contributed by atoms with van der Waals surface area (Å²) in [5.74, 6) is -1.06. The summed E-state index contributed by atoms with van der Waals surface area (Å²) in [7, 11) is 0. The molecule has 19 heavy (non-hydrogen) atoms. The fourth-order valence-corrected chi connectivity index (χ4v) is 2.10. The highest BCUT2D eigenvalue weighted by atomic mass is 16.5. The van der Waals surface area contributed by atoms with Gasteiger partial charge >= 0.3 is 5.97 Å². The first-order valence-electron chi connectivity index (χ1n) is 6.31. The summed E-state index contributed by atoms with van der Waals surface area (Å²) in [5.41, 5.74) is 0.811. The number of ether oxygens (including phenoxy) is 1. The van der Waals surface area contributed by atoms with E-state index < -0.39 is 12.1 Å². The minimum atomic E-state index is -0.936. The average molecular weight is 267 g/mol. The van der Waals surface area contributed by atoms with Crippen molar-refractivity contribution >= 4 is 11.9 Å². The van der Waals surface area contributed by atoms with E-state index >= 15 is 0 Å². The van der Waals surface area contributed by atoms with Gasteiger partial charge in [0, 0.05) is 6.54 Å². The van der Waals surface area contributed by atoms with Gasteiger partial charge in [-0.25, -0.2) is 4.79 Å². The standard InChI is InChI=1S/C13H17NO5/c15-12(6-9-4-5-18-8-9)14-7-10-2-1-3-11(19-10)13(16)17/h4-5,8,10-11H,1-3,6-7H2,(H,14,15)(H,16,17)/t10-,11+/m1/s1. The lowest BCUT2D eigenvalue weighted by molar-refractivity contribution is -0.158. The molecule has 1 aromatic heterocycles. The van der Waals surface area contributed by atoms with Gasteiger partial charge in [-0.2, -0.15) is 0 Å². The van der Waals surface area contributed by atoms with Gasteiger partial charge in [0.1, 0.15) is 0 Å². The van der Waals surface area contributed by atoms with Gasteiger partial charge < -0.3 is 19.6 Å². The van der Waals surface area contributed by atoms with Crippen molar-refractivity contribution in [2.45, 2.75) is 37.9 Å². The van der Waals surface area contributed by atoms with Crippen molar-refractivity contribution in [3.63, 3.8) is 0 Å². The second-order valence-electron chi connectivity index (χ2n) is 4.63. The molecule has 6 heteroatoms. The van der Waals surface area contributed by atoms with Gasteiger partial charge in [0.15, 0.2) is 6.10 Å². The van der Waals surface area contributed by atoms with Gasteiger partial charge in [0.2, 0.25) is 5.91 Å². The van der Waals surface area contributed by atoms with Crippen LogP contribution in [0.15, 0.2) is 23.0 Å². The fraction of sp³-hybridized carbons (Fsp3) is 0.538. The molecule has 1 aromatic rings. The maximum absolute atomic E-state index is 11.6. The molecule has 2 atom stereocenters. The zero-order valence-corrected chi connectivity index (χ0v) is 10.5. The van der Waals surface area contributed by atoms with E-state index in [-0.39, 0.29) is 18.4 Å². The Hall–Kier alpha value is -1.82. The first-order valence-corrected chi connectivity index (χ1v) is 6.31. The first-order chi connectivity index (χ1) is 9.15. The summed E-state index contributed by atoms with van der Waals surface area (Å²) in [6.45, 7) is 0.348. The van der Waals surface area contributed by atoms with Crippen molar-refractivity contribution in [2.24, 2.45) is 0 Å². The number of carbonyl (C=O) groups is 2. The summed E-state index contributed by atoms with van der Waals surface area (Å²) >= 11 is 0. The molecule has 0 spiro atoms. The second-order valence-corrected chi connectivity index (χ2v) is 4.63. The smallest absolute Gasteiger partial charge is 0.332 e. The molecule has 1 amide bonds. The minimum absolute atomic E-state index is 0.123. The number of carbonyl (C=O) groups excluding carboxylic acids is 1. The summed E-state index contributed by atoms with van der Waals surface area (Å²) in [6.07, 6.45) is 4.45. The van der Waals surface area contributed by atoms with Crippen LogP contribution in [0.25, 0.3) is 0 Å². The number of amides is 1. The van der Waals surface area contributed by atoms with Crippen LogP contribution in [0.4, 0.5) is 0 Å². The molecule has 0 radical (unpaired) electrons. The molecule has 0 saturated carbocycles. The highest BCUT2D eigenvalue weighted by molar-refractivity contribution is 5.78. The van der Waals surface area contributed by atoms with Gasteiger partial charge in [-0.1, -0.05) is 0 Å². The second kappa shape index (κ2) is 6.38. The molecular formula is C13H17NO5. The molecule has 0 unspecified atom stereocenters. The molecule has 1 saturated heterocycles. The van der Waals surface area contributed by atoms with Crippen LogP contribution in [0.2, 0.25) is 0 Å². The topological polar surface area (TPSA) is 88.8 Å². The quantitative estimate of drug-likeness (QED) is 0.829. The molecule has 0 aromatic carbocycles. The number of nitrogens with one attached hydrogen (secondary N) is 1. The summed E-state index contributed by atoms with van der Waals surface area (Å²) in [6, 6.07) is 1.73. The van der Waals surface area contributed by atoms with Crippen LogP contribution < -0.4 is 5.32 Å². The van der Waals surface area contributed by atoms with E-state index in [2.05, 4.69) is 5.32 Å². The monoisotopic (exact) mass is 267 g/mol. The minimum Gasteiger partial charge on any atom is -0.479 e. The number of furan rings is 1. The molecule has 0 bridgehead atoms. The molecule has 1 fully saturated rings. The van der Waals surface area contributed by atoms with Crippen molar-refractivity contribution in [3.05, 3.63) is 24.2 Å². The van der Waals surface area contributed by atoms with Crippen molar-refractivity contribution in [1.29, 1.82) is 0 Å². The Morgan fingerprint density at radius 1 is 1.42 bits per heavy atom. The Balaban J connectivity index is 1.72. The zero-order chi connectivity index (χ0) is 13.7. The van der Waals surface area contributed by atoms with Crippen molar-refractivity contribution in [3.8, 4) is 0 Å². The normalized spacial score (nSPS) is 22.9. The lowest BCUT2D eigenvalue weighted by Gasteiger charge is -2.27. The van der Waals surface area contributed by atoms with Gasteiger partial charge in [0.25, 0.3) is 0 Å². The van der Waals surface area contributed by atoms with Crippen LogP contribution in [0.1, 0.15) is 24.8 Å². The average Bonchev–Trinajstić information content (AvgIpc) is 2.89. The molecule has 2 rings (SSSR count). The first kappa shape index (κ1) is 13.6. The third kappa shape index (κ3) is 4.10. The van der Waals surface area contributed by atoms with Crippen LogP contribution in [0, 0.1) is 0 Å². The van der Waals surface area contributed by atoms with Crippen LogP contribution in [0.5, 0.6) is 0 Å². The fourth-order valence-electron chi connectivity index (χ4n) is 2.10. The largest absolute Gasteiger partial charge is 0.479 e. The van der Waals surface area contributed by atoms with Crippen LogP contribution >= 0.6 is 0 Å². The number of carboxylic acids is 1. The van der Waals surface area contributed by atoms with Gasteiger partial charge in [-0.3, -0.25) is 4.79 Å². The van der Waals surface area contributed by atoms with Gasteiger partial charge in [0.05, 0.1) is 25.1 Å². The lowest BCUT2D eigenvalue weighted by Crippen LogP contribution is -2.41. The highest BCUT2D eigenvalue weighted by Crippen LogP contribution is 2.18. The molecule has 1 aliphatic heterocycles. The van der Waals surface area contributed by atoms with Crippen molar-refractivity contribution in [1.82, 2.24) is 5.32 Å². The maximum atomic E-state index is 11.6. The molecule has 6 nitrogen and oxygen atoms in total. The number of rotatable bonds is 5. The Morgan fingerprint density at radius 3 is 2.95 bits per heavy atom. The van der Waals surface area contributed by atoms with E-state index in [0.717, 1.165) is 18.4 Å². The Morgan fingerprint density at radius 2 is 2.26 bits per heavy atom. The number of hydrogen-bond acceptors (Lipinski definition) is 4. The predicted molar refractivity (Wildman–Crippen MR) is 65.6 cm³/mol. The summed E-state index contributed by atoms with van der Waals surface area (Å²) in [4.78, 5) is 22.5. The number of carboxylic acid groups (broad SMARTS) is 1. The Kier molecular flexibility index (Phi) is 4.57. The molecule has 0 aliphatic carbocycles. The molecule has 2 N–H and O–H groups in total. The van der Waals surface area contributed by atoms with E-state index in [9.17, 15) is 9.59 Å². The molecular weight excluding hydrogens is 250 g/mol. The third-order valence-corrected chi connectivity index (χ3v) is 3.10. The van der Waals surface area contributed by atoms with E-state index in [1.54, 1.807) is 6.07 Å². The van der Waals surface area contributed by atoms with E-state index in [0.29, 0.717) is 13.0 Å². The zero-order valence-electron chi connectivity index (χ0n) is 10.5. The van der Waals surface area contributed by atoms with Gasteiger partial charge in [-0.15, -0.1) is 0 Å². The molecule has 104 valence electrons. The van der Waals surface area contributed by atoms with Crippen LogP contribution in [-0.2, 0) is 20.7 Å². The van der Waals surface area contributed by atoms with E-state index in [1.807, 2.05) is 0 Å². The Labute approximate surface area is 110 Å². The van der Waals surface area contributed by atoms with E-state index in [1.165, 1.54) is 12.5 Å². The summed E-state index contributed by atoms with van der Waals surface area (Å²) in [5, 5.41) is 11.6. The van der Waals surface area contributed by atoms with E-state index in [4.69, 9.17) is 14.3 Å². The Bertz CT molecular complexity index is 428. The lowest BCUT2D eigenvalue weighted by atomic mass is 10.0. The van der Waals surface area contributed by atoms with Gasteiger partial charge in [-0.05, 0) is 30.9 Å². The van der Waals surface area contributed by atoms with Crippen molar-refractivity contribution in [2.75, 3.05) is 6.54 Å². The SMILES string of the molecule is O=C(Cc1ccoc1)NC[C@H]1CCC[C@@H](C(=O)O)O1. The van der Waals surface area contributed by atoms with Crippen LogP contribution in [0.3, 0.4) is 0 Å². The van der Waals surface area contributed by atoms with Crippen molar-refractivity contribution < 1.29 is 23.8 Å². The summed E-state index contributed by atoms with van der Waals surface area (Å²) < 4.78 is 10.3. The molecule has 2 heterocycles.